The molecule has 32 heavy (non-hydrogen) atoms. The van der Waals surface area contributed by atoms with Crippen molar-refractivity contribution in [3.63, 3.8) is 0 Å². The number of anilines is 1. The summed E-state index contributed by atoms with van der Waals surface area (Å²) in [5, 5.41) is 4.94. The van der Waals surface area contributed by atoms with Gasteiger partial charge < -0.3 is 10.2 Å². The van der Waals surface area contributed by atoms with E-state index in [-0.39, 0.29) is 6.03 Å². The first-order valence-electron chi connectivity index (χ1n) is 11.6. The van der Waals surface area contributed by atoms with Crippen LogP contribution in [-0.4, -0.2) is 47.0 Å². The molecule has 2 amide bonds. The number of pyridine rings is 1. The van der Waals surface area contributed by atoms with Crippen LogP contribution in [0.3, 0.4) is 0 Å². The van der Waals surface area contributed by atoms with Crippen molar-refractivity contribution < 1.29 is 4.79 Å². The zero-order chi connectivity index (χ0) is 21.9. The van der Waals surface area contributed by atoms with Gasteiger partial charge in [-0.05, 0) is 74.5 Å². The molecule has 0 saturated carbocycles. The lowest BCUT2D eigenvalue weighted by Crippen LogP contribution is -2.40. The van der Waals surface area contributed by atoms with Gasteiger partial charge in [0, 0.05) is 30.0 Å². The van der Waals surface area contributed by atoms with Crippen LogP contribution in [0.15, 0.2) is 54.6 Å². The summed E-state index contributed by atoms with van der Waals surface area (Å²) >= 11 is 6.02. The summed E-state index contributed by atoms with van der Waals surface area (Å²) in [7, 11) is 0. The van der Waals surface area contributed by atoms with Crippen molar-refractivity contribution in [1.29, 1.82) is 0 Å². The van der Waals surface area contributed by atoms with Gasteiger partial charge in [0.2, 0.25) is 0 Å². The van der Waals surface area contributed by atoms with E-state index in [0.29, 0.717) is 5.92 Å². The molecule has 0 spiro atoms. The first-order valence-corrected chi connectivity index (χ1v) is 12.0. The second-order valence-electron chi connectivity index (χ2n) is 8.91. The Bertz CT molecular complexity index is 1090. The average molecular weight is 449 g/mol. The molecule has 2 aliphatic heterocycles. The number of amides is 2. The van der Waals surface area contributed by atoms with Crippen LogP contribution in [-0.2, 0) is 6.54 Å². The Morgan fingerprint density at radius 2 is 1.72 bits per heavy atom. The molecule has 0 aliphatic carbocycles. The lowest BCUT2D eigenvalue weighted by atomic mass is 9.89. The van der Waals surface area contributed by atoms with Gasteiger partial charge in [-0.15, -0.1) is 0 Å². The number of likely N-dealkylation sites (tertiary alicyclic amines) is 2. The van der Waals surface area contributed by atoms with Crippen molar-refractivity contribution in [2.24, 2.45) is 0 Å². The maximum atomic E-state index is 13.0. The molecule has 2 saturated heterocycles. The summed E-state index contributed by atoms with van der Waals surface area (Å²) < 4.78 is 0. The Morgan fingerprint density at radius 3 is 2.47 bits per heavy atom. The van der Waals surface area contributed by atoms with Gasteiger partial charge in [0.05, 0.1) is 16.9 Å². The molecule has 1 N–H and O–H groups in total. The molecule has 0 atom stereocenters. The number of rotatable bonds is 4. The summed E-state index contributed by atoms with van der Waals surface area (Å²) in [5.41, 5.74) is 4.02. The average Bonchev–Trinajstić information content (AvgIpc) is 3.33. The van der Waals surface area contributed by atoms with E-state index >= 15 is 0 Å². The highest BCUT2D eigenvalue weighted by Gasteiger charge is 2.24. The maximum Gasteiger partial charge on any atom is 0.321 e. The summed E-state index contributed by atoms with van der Waals surface area (Å²) in [4.78, 5) is 22.3. The van der Waals surface area contributed by atoms with E-state index in [1.54, 1.807) is 0 Å². The number of nitrogens with one attached hydrogen (secondary N) is 1. The number of fused-ring (bicyclic) bond motifs is 1. The molecule has 2 fully saturated rings. The highest BCUT2D eigenvalue weighted by atomic mass is 35.5. The second-order valence-corrected chi connectivity index (χ2v) is 9.34. The molecule has 0 bridgehead atoms. The van der Waals surface area contributed by atoms with Crippen LogP contribution >= 0.6 is 11.6 Å². The van der Waals surface area contributed by atoms with Crippen molar-refractivity contribution in [3.05, 3.63) is 70.9 Å². The molecule has 166 valence electrons. The zero-order valence-electron chi connectivity index (χ0n) is 18.3. The van der Waals surface area contributed by atoms with E-state index in [2.05, 4.69) is 40.5 Å². The molecular formula is C26H29ClN4O. The number of aromatic nitrogens is 1. The Labute approximate surface area is 194 Å². The number of hydrogen-bond donors (Lipinski definition) is 1. The van der Waals surface area contributed by atoms with Gasteiger partial charge in [-0.1, -0.05) is 41.9 Å². The minimum absolute atomic E-state index is 0.0428. The summed E-state index contributed by atoms with van der Waals surface area (Å²) in [5.74, 6) is 0.476. The molecule has 0 radical (unpaired) electrons. The third-order valence-corrected chi connectivity index (χ3v) is 6.98. The van der Waals surface area contributed by atoms with Gasteiger partial charge in [-0.2, -0.15) is 0 Å². The third kappa shape index (κ3) is 4.74. The number of carbonyl (C=O) groups is 1. The normalized spacial score (nSPS) is 17.7. The smallest absolute Gasteiger partial charge is 0.321 e. The Morgan fingerprint density at radius 1 is 0.969 bits per heavy atom. The van der Waals surface area contributed by atoms with E-state index in [0.717, 1.165) is 72.9 Å². The van der Waals surface area contributed by atoms with Crippen molar-refractivity contribution in [2.75, 3.05) is 31.5 Å². The van der Waals surface area contributed by atoms with Crippen LogP contribution in [0.4, 0.5) is 10.5 Å². The largest absolute Gasteiger partial charge is 0.324 e. The molecule has 5 nitrogen and oxygen atoms in total. The van der Waals surface area contributed by atoms with E-state index in [1.807, 2.05) is 29.2 Å². The van der Waals surface area contributed by atoms with Gasteiger partial charge in [0.25, 0.3) is 0 Å². The van der Waals surface area contributed by atoms with Crippen LogP contribution in [0.1, 0.15) is 42.9 Å². The van der Waals surface area contributed by atoms with E-state index in [9.17, 15) is 4.79 Å². The molecule has 1 aromatic heterocycles. The molecule has 5 rings (SSSR count). The summed E-state index contributed by atoms with van der Waals surface area (Å²) in [6.45, 7) is 4.65. The lowest BCUT2D eigenvalue weighted by Gasteiger charge is -2.32. The molecule has 3 heterocycles. The predicted molar refractivity (Wildman–Crippen MR) is 130 cm³/mol. The van der Waals surface area contributed by atoms with Crippen molar-refractivity contribution in [3.8, 4) is 0 Å². The van der Waals surface area contributed by atoms with Crippen LogP contribution in [0.25, 0.3) is 10.9 Å². The number of halogens is 1. The standard InChI is InChI=1S/C26H29ClN4O/c27-22-9-6-19(7-10-22)20-12-16-31(17-13-20)26(32)29-24-5-3-4-21-8-11-23(28-25(21)24)18-30-14-1-2-15-30/h3-11,20H,1-2,12-18H2,(H,29,32). The monoisotopic (exact) mass is 448 g/mol. The van der Waals surface area contributed by atoms with E-state index in [1.165, 1.54) is 18.4 Å². The molecule has 6 heteroatoms. The Kier molecular flexibility index (Phi) is 6.28. The SMILES string of the molecule is O=C(Nc1cccc2ccc(CN3CCCC3)nc12)N1CCC(c2ccc(Cl)cc2)CC1. The fraction of sp³-hybridized carbons (Fsp3) is 0.385. The number of nitrogens with zero attached hydrogens (tertiary/aromatic N) is 3. The first kappa shape index (κ1) is 21.2. The zero-order valence-corrected chi connectivity index (χ0v) is 19.0. The Hall–Kier alpha value is -2.63. The van der Waals surface area contributed by atoms with E-state index < -0.39 is 0 Å². The van der Waals surface area contributed by atoms with Crippen LogP contribution in [0.2, 0.25) is 5.02 Å². The number of piperidine rings is 1. The molecule has 3 aromatic rings. The first-order chi connectivity index (χ1) is 15.7. The number of benzene rings is 2. The maximum absolute atomic E-state index is 13.0. The van der Waals surface area contributed by atoms with Gasteiger partial charge in [0.15, 0.2) is 0 Å². The van der Waals surface area contributed by atoms with Crippen molar-refractivity contribution in [1.82, 2.24) is 14.8 Å². The molecular weight excluding hydrogens is 420 g/mol. The van der Waals surface area contributed by atoms with Crippen LogP contribution in [0.5, 0.6) is 0 Å². The van der Waals surface area contributed by atoms with Crippen LogP contribution in [0, 0.1) is 0 Å². The Balaban J connectivity index is 1.25. The highest BCUT2D eigenvalue weighted by Crippen LogP contribution is 2.30. The quantitative estimate of drug-likeness (QED) is 0.540. The number of urea groups is 1. The van der Waals surface area contributed by atoms with E-state index in [4.69, 9.17) is 16.6 Å². The van der Waals surface area contributed by atoms with Gasteiger partial charge in [-0.25, -0.2) is 9.78 Å². The van der Waals surface area contributed by atoms with Crippen molar-refractivity contribution in [2.45, 2.75) is 38.1 Å². The van der Waals surface area contributed by atoms with Gasteiger partial charge >= 0.3 is 6.03 Å². The summed E-state index contributed by atoms with van der Waals surface area (Å²) in [6, 6.07) is 18.3. The number of carbonyl (C=O) groups excluding carboxylic acids is 1. The second kappa shape index (κ2) is 9.47. The number of hydrogen-bond acceptors (Lipinski definition) is 3. The third-order valence-electron chi connectivity index (χ3n) is 6.73. The minimum atomic E-state index is -0.0428. The number of para-hydroxylation sites is 1. The fourth-order valence-corrected chi connectivity index (χ4v) is 5.02. The minimum Gasteiger partial charge on any atom is -0.324 e. The topological polar surface area (TPSA) is 48.5 Å². The molecule has 2 aromatic carbocycles. The summed E-state index contributed by atoms with van der Waals surface area (Å²) in [6.07, 6.45) is 4.46. The fourth-order valence-electron chi connectivity index (χ4n) is 4.89. The van der Waals surface area contributed by atoms with Gasteiger partial charge in [0.1, 0.15) is 0 Å². The molecule has 2 aliphatic rings. The van der Waals surface area contributed by atoms with Crippen LogP contribution < -0.4 is 5.32 Å². The lowest BCUT2D eigenvalue weighted by molar-refractivity contribution is 0.194. The molecule has 0 unspecified atom stereocenters. The van der Waals surface area contributed by atoms with Crippen molar-refractivity contribution >= 4 is 34.2 Å². The predicted octanol–water partition coefficient (Wildman–Crippen LogP) is 5.90. The highest BCUT2D eigenvalue weighted by molar-refractivity contribution is 6.30. The van der Waals surface area contributed by atoms with Gasteiger partial charge in [-0.3, -0.25) is 4.90 Å².